The lowest BCUT2D eigenvalue weighted by Crippen LogP contribution is -1.97. The van der Waals surface area contributed by atoms with E-state index in [9.17, 15) is 0 Å². The van der Waals surface area contributed by atoms with Gasteiger partial charge in [0.1, 0.15) is 0 Å². The molecule has 1 unspecified atom stereocenters. The van der Waals surface area contributed by atoms with E-state index in [0.717, 1.165) is 26.7 Å². The number of hydrogen-bond acceptors (Lipinski definition) is 0. The second-order valence-corrected chi connectivity index (χ2v) is 5.70. The van der Waals surface area contributed by atoms with Crippen molar-refractivity contribution < 1.29 is 0 Å². The number of benzene rings is 2. The summed E-state index contributed by atoms with van der Waals surface area (Å²) in [7, 11) is 0. The van der Waals surface area contributed by atoms with E-state index >= 15 is 0 Å². The molecule has 3 heteroatoms. The Labute approximate surface area is 122 Å². The Morgan fingerprint density at radius 2 is 1.78 bits per heavy atom. The number of hydrogen-bond donors (Lipinski definition) is 0. The first-order valence-electron chi connectivity index (χ1n) is 5.71. The van der Waals surface area contributed by atoms with Gasteiger partial charge in [-0.05, 0) is 48.2 Å². The zero-order valence-corrected chi connectivity index (χ0v) is 12.2. The predicted molar refractivity (Wildman–Crippen MR) is 79.9 cm³/mol. The highest BCUT2D eigenvalue weighted by atomic mass is 35.5. The SMILES string of the molecule is Cc1cc(Cl)cc(C(Cl)Cc2ccccc2Cl)c1. The van der Waals surface area contributed by atoms with Crippen LogP contribution in [0.25, 0.3) is 0 Å². The van der Waals surface area contributed by atoms with Crippen LogP contribution < -0.4 is 0 Å². The quantitative estimate of drug-likeness (QED) is 0.626. The lowest BCUT2D eigenvalue weighted by atomic mass is 10.0. The van der Waals surface area contributed by atoms with Crippen LogP contribution in [-0.4, -0.2) is 0 Å². The van der Waals surface area contributed by atoms with E-state index in [1.807, 2.05) is 43.3 Å². The minimum absolute atomic E-state index is 0.123. The lowest BCUT2D eigenvalue weighted by molar-refractivity contribution is 0.918. The van der Waals surface area contributed by atoms with Gasteiger partial charge in [-0.3, -0.25) is 0 Å². The molecule has 2 rings (SSSR count). The Morgan fingerprint density at radius 1 is 1.06 bits per heavy atom. The lowest BCUT2D eigenvalue weighted by Gasteiger charge is -2.12. The first-order chi connectivity index (χ1) is 8.56. The molecule has 0 bridgehead atoms. The largest absolute Gasteiger partial charge is 0.117 e. The van der Waals surface area contributed by atoms with Crippen LogP contribution in [0.1, 0.15) is 22.1 Å². The molecule has 2 aromatic carbocycles. The third kappa shape index (κ3) is 3.41. The zero-order valence-electron chi connectivity index (χ0n) is 9.96. The molecule has 0 nitrogen and oxygen atoms in total. The van der Waals surface area contributed by atoms with Crippen molar-refractivity contribution in [1.82, 2.24) is 0 Å². The number of alkyl halides is 1. The van der Waals surface area contributed by atoms with Gasteiger partial charge in [0.25, 0.3) is 0 Å². The van der Waals surface area contributed by atoms with E-state index < -0.39 is 0 Å². The van der Waals surface area contributed by atoms with Crippen LogP contribution in [0.3, 0.4) is 0 Å². The average Bonchev–Trinajstić information content (AvgIpc) is 2.31. The summed E-state index contributed by atoms with van der Waals surface area (Å²) in [6.45, 7) is 2.01. The molecule has 0 saturated heterocycles. The van der Waals surface area contributed by atoms with Gasteiger partial charge in [-0.15, -0.1) is 11.6 Å². The molecular formula is C15H13Cl3. The van der Waals surface area contributed by atoms with Crippen molar-refractivity contribution in [2.75, 3.05) is 0 Å². The summed E-state index contributed by atoms with van der Waals surface area (Å²) in [5, 5.41) is 1.35. The van der Waals surface area contributed by atoms with Crippen molar-refractivity contribution >= 4 is 34.8 Å². The van der Waals surface area contributed by atoms with E-state index in [2.05, 4.69) is 6.07 Å². The number of rotatable bonds is 3. The van der Waals surface area contributed by atoms with E-state index in [-0.39, 0.29) is 5.38 Å². The van der Waals surface area contributed by atoms with E-state index in [0.29, 0.717) is 6.42 Å². The summed E-state index contributed by atoms with van der Waals surface area (Å²) >= 11 is 18.6. The molecule has 0 N–H and O–H groups in total. The Kier molecular flexibility index (Phi) is 4.55. The minimum Gasteiger partial charge on any atom is -0.117 e. The number of halogens is 3. The highest BCUT2D eigenvalue weighted by Gasteiger charge is 2.12. The van der Waals surface area contributed by atoms with Crippen LogP contribution in [0.5, 0.6) is 0 Å². The molecule has 0 radical (unpaired) electrons. The van der Waals surface area contributed by atoms with E-state index in [1.165, 1.54) is 0 Å². The molecule has 94 valence electrons. The van der Waals surface area contributed by atoms with E-state index in [4.69, 9.17) is 34.8 Å². The van der Waals surface area contributed by atoms with E-state index in [1.54, 1.807) is 0 Å². The van der Waals surface area contributed by atoms with Crippen molar-refractivity contribution in [3.05, 3.63) is 69.2 Å². The molecule has 0 saturated carbocycles. The Hall–Kier alpha value is -0.690. The third-order valence-electron chi connectivity index (χ3n) is 2.78. The molecule has 18 heavy (non-hydrogen) atoms. The van der Waals surface area contributed by atoms with Gasteiger partial charge in [0.15, 0.2) is 0 Å². The maximum atomic E-state index is 6.44. The minimum atomic E-state index is -0.123. The smallest absolute Gasteiger partial charge is 0.0626 e. The van der Waals surface area contributed by atoms with Gasteiger partial charge < -0.3 is 0 Å². The van der Waals surface area contributed by atoms with Crippen molar-refractivity contribution in [1.29, 1.82) is 0 Å². The van der Waals surface area contributed by atoms with Gasteiger partial charge in [-0.1, -0.05) is 47.5 Å². The van der Waals surface area contributed by atoms with Crippen LogP contribution >= 0.6 is 34.8 Å². The summed E-state index contributed by atoms with van der Waals surface area (Å²) in [6.07, 6.45) is 0.695. The fourth-order valence-corrected chi connectivity index (χ4v) is 2.72. The standard InChI is InChI=1S/C15H13Cl3/c1-10-6-12(8-13(16)7-10)15(18)9-11-4-2-3-5-14(11)17/h2-8,15H,9H2,1H3. The maximum Gasteiger partial charge on any atom is 0.0626 e. The summed E-state index contributed by atoms with van der Waals surface area (Å²) < 4.78 is 0. The Bertz CT molecular complexity index is 529. The van der Waals surface area contributed by atoms with Crippen LogP contribution in [0, 0.1) is 6.92 Å². The molecule has 0 aliphatic heterocycles. The summed E-state index contributed by atoms with van der Waals surface area (Å²) in [6, 6.07) is 13.6. The normalized spacial score (nSPS) is 12.4. The Morgan fingerprint density at radius 3 is 2.44 bits per heavy atom. The van der Waals surface area contributed by atoms with Crippen LogP contribution in [0.4, 0.5) is 0 Å². The van der Waals surface area contributed by atoms with Crippen LogP contribution in [0.15, 0.2) is 42.5 Å². The van der Waals surface area contributed by atoms with Gasteiger partial charge in [0, 0.05) is 10.0 Å². The van der Waals surface area contributed by atoms with Crippen molar-refractivity contribution in [3.63, 3.8) is 0 Å². The predicted octanol–water partition coefficient (Wildman–Crippen LogP) is 5.82. The third-order valence-corrected chi connectivity index (χ3v) is 3.78. The van der Waals surface area contributed by atoms with Crippen LogP contribution in [0.2, 0.25) is 10.0 Å². The zero-order chi connectivity index (χ0) is 13.1. The molecule has 0 aliphatic carbocycles. The highest BCUT2D eigenvalue weighted by molar-refractivity contribution is 6.31. The van der Waals surface area contributed by atoms with Crippen molar-refractivity contribution in [2.24, 2.45) is 0 Å². The molecule has 2 aromatic rings. The first kappa shape index (κ1) is 13.7. The fourth-order valence-electron chi connectivity index (χ4n) is 1.92. The molecule has 0 spiro atoms. The van der Waals surface area contributed by atoms with Gasteiger partial charge in [-0.25, -0.2) is 0 Å². The molecular weight excluding hydrogens is 287 g/mol. The summed E-state index contributed by atoms with van der Waals surface area (Å²) in [4.78, 5) is 0. The molecule has 0 amide bonds. The summed E-state index contributed by atoms with van der Waals surface area (Å²) in [5.74, 6) is 0. The Balaban J connectivity index is 2.22. The molecule has 0 heterocycles. The van der Waals surface area contributed by atoms with Crippen molar-refractivity contribution in [3.8, 4) is 0 Å². The molecule has 0 aromatic heterocycles. The van der Waals surface area contributed by atoms with Gasteiger partial charge in [0.2, 0.25) is 0 Å². The molecule has 1 atom stereocenters. The second kappa shape index (κ2) is 5.97. The monoisotopic (exact) mass is 298 g/mol. The molecule has 0 aliphatic rings. The summed E-state index contributed by atoms with van der Waals surface area (Å²) in [5.41, 5.74) is 3.20. The van der Waals surface area contributed by atoms with Gasteiger partial charge in [-0.2, -0.15) is 0 Å². The fraction of sp³-hybridized carbons (Fsp3) is 0.200. The topological polar surface area (TPSA) is 0 Å². The van der Waals surface area contributed by atoms with Crippen LogP contribution in [-0.2, 0) is 6.42 Å². The molecule has 0 fully saturated rings. The number of aryl methyl sites for hydroxylation is 1. The second-order valence-electron chi connectivity index (χ2n) is 4.32. The van der Waals surface area contributed by atoms with Gasteiger partial charge in [0.05, 0.1) is 5.38 Å². The van der Waals surface area contributed by atoms with Crippen molar-refractivity contribution in [2.45, 2.75) is 18.7 Å². The first-order valence-corrected chi connectivity index (χ1v) is 6.90. The van der Waals surface area contributed by atoms with Gasteiger partial charge >= 0.3 is 0 Å². The maximum absolute atomic E-state index is 6.44. The highest BCUT2D eigenvalue weighted by Crippen LogP contribution is 2.30. The average molecular weight is 300 g/mol.